The zero-order valence-electron chi connectivity index (χ0n) is 12.3. The number of hydrogen-bond acceptors (Lipinski definition) is 0. The van der Waals surface area contributed by atoms with Gasteiger partial charge in [0.1, 0.15) is 11.4 Å². The third kappa shape index (κ3) is 2.68. The van der Waals surface area contributed by atoms with Crippen molar-refractivity contribution in [2.24, 2.45) is 0 Å². The Morgan fingerprint density at radius 2 is 1.42 bits per heavy atom. The van der Waals surface area contributed by atoms with Gasteiger partial charge in [0, 0.05) is 5.56 Å². The van der Waals surface area contributed by atoms with Crippen LogP contribution >= 0.6 is 0 Å². The van der Waals surface area contributed by atoms with Crippen molar-refractivity contribution in [3.63, 3.8) is 0 Å². The molecule has 0 aliphatic heterocycles. The van der Waals surface area contributed by atoms with Crippen LogP contribution in [0.4, 0.5) is 30.7 Å². The topological polar surface area (TPSA) is 0 Å². The second kappa shape index (κ2) is 5.96. The van der Waals surface area contributed by atoms with Crippen molar-refractivity contribution in [3.8, 4) is 0 Å². The highest BCUT2D eigenvalue weighted by Crippen LogP contribution is 2.51. The van der Waals surface area contributed by atoms with Gasteiger partial charge in [0.25, 0.3) is 0 Å². The largest absolute Gasteiger partial charge is 0.345 e. The SMILES string of the molecule is C=Cc1ccc(C(F)(F)C(F)(F)c2c(F)cc(C)c(F)c2F)cc1. The molecule has 0 fully saturated rings. The van der Waals surface area contributed by atoms with Crippen LogP contribution < -0.4 is 0 Å². The molecular weight excluding hydrogens is 337 g/mol. The Balaban J connectivity index is 2.63. The van der Waals surface area contributed by atoms with Gasteiger partial charge in [-0.3, -0.25) is 0 Å². The molecule has 0 aliphatic rings. The molecule has 0 heterocycles. The molecule has 0 amide bonds. The monoisotopic (exact) mass is 348 g/mol. The number of benzene rings is 2. The van der Waals surface area contributed by atoms with E-state index in [1.165, 1.54) is 6.08 Å². The van der Waals surface area contributed by atoms with Crippen LogP contribution in [0.15, 0.2) is 36.9 Å². The molecule has 2 aromatic rings. The molecule has 7 heteroatoms. The van der Waals surface area contributed by atoms with Gasteiger partial charge in [-0.2, -0.15) is 17.6 Å². The minimum atomic E-state index is -5.30. The Labute approximate surface area is 133 Å². The lowest BCUT2D eigenvalue weighted by Crippen LogP contribution is -2.37. The van der Waals surface area contributed by atoms with Gasteiger partial charge in [-0.05, 0) is 24.1 Å². The lowest BCUT2D eigenvalue weighted by Gasteiger charge is -2.28. The summed E-state index contributed by atoms with van der Waals surface area (Å²) < 4.78 is 97.8. The summed E-state index contributed by atoms with van der Waals surface area (Å²) in [6.07, 6.45) is 1.30. The Morgan fingerprint density at radius 1 is 0.875 bits per heavy atom. The molecule has 0 radical (unpaired) electrons. The van der Waals surface area contributed by atoms with E-state index in [2.05, 4.69) is 6.58 Å². The van der Waals surface area contributed by atoms with Crippen LogP contribution in [0.1, 0.15) is 22.3 Å². The first-order chi connectivity index (χ1) is 11.0. The van der Waals surface area contributed by atoms with Crippen molar-refractivity contribution in [1.82, 2.24) is 0 Å². The van der Waals surface area contributed by atoms with Crippen LogP contribution in [0, 0.1) is 24.4 Å². The maximum absolute atomic E-state index is 14.2. The molecular formula is C17H11F7. The highest BCUT2D eigenvalue weighted by Gasteiger charge is 2.61. The zero-order chi connectivity index (χ0) is 18.3. The van der Waals surface area contributed by atoms with E-state index < -0.39 is 46.0 Å². The van der Waals surface area contributed by atoms with Gasteiger partial charge in [0.2, 0.25) is 0 Å². The summed E-state index contributed by atoms with van der Waals surface area (Å²) >= 11 is 0. The van der Waals surface area contributed by atoms with E-state index in [-0.39, 0.29) is 6.07 Å². The molecule has 128 valence electrons. The molecule has 0 bridgehead atoms. The molecule has 2 aromatic carbocycles. The van der Waals surface area contributed by atoms with Crippen LogP contribution in [0.25, 0.3) is 6.08 Å². The number of hydrogen-bond donors (Lipinski definition) is 0. The van der Waals surface area contributed by atoms with E-state index >= 15 is 0 Å². The fourth-order valence-corrected chi connectivity index (χ4v) is 2.17. The minimum absolute atomic E-state index is 0.249. The minimum Gasteiger partial charge on any atom is -0.206 e. The summed E-state index contributed by atoms with van der Waals surface area (Å²) in [5.74, 6) is -16.3. The molecule has 0 unspecified atom stereocenters. The molecule has 0 saturated carbocycles. The van der Waals surface area contributed by atoms with Gasteiger partial charge in [-0.25, -0.2) is 13.2 Å². The zero-order valence-corrected chi connectivity index (χ0v) is 12.3. The first-order valence-corrected chi connectivity index (χ1v) is 6.67. The first-order valence-electron chi connectivity index (χ1n) is 6.67. The Bertz CT molecular complexity index is 777. The van der Waals surface area contributed by atoms with Crippen LogP contribution in [-0.4, -0.2) is 0 Å². The van der Waals surface area contributed by atoms with Gasteiger partial charge in [-0.1, -0.05) is 36.9 Å². The van der Waals surface area contributed by atoms with Gasteiger partial charge in [0.05, 0.1) is 0 Å². The molecule has 2 rings (SSSR count). The first kappa shape index (κ1) is 18.0. The second-order valence-electron chi connectivity index (χ2n) is 5.15. The van der Waals surface area contributed by atoms with Crippen molar-refractivity contribution >= 4 is 6.08 Å². The molecule has 24 heavy (non-hydrogen) atoms. The summed E-state index contributed by atoms with van der Waals surface area (Å²) in [7, 11) is 0. The third-order valence-corrected chi connectivity index (χ3v) is 3.56. The van der Waals surface area contributed by atoms with Crippen molar-refractivity contribution in [2.75, 3.05) is 0 Å². The van der Waals surface area contributed by atoms with Crippen molar-refractivity contribution in [2.45, 2.75) is 18.8 Å². The van der Waals surface area contributed by atoms with E-state index in [0.29, 0.717) is 17.7 Å². The van der Waals surface area contributed by atoms with Crippen LogP contribution in [0.5, 0.6) is 0 Å². The van der Waals surface area contributed by atoms with E-state index in [0.717, 1.165) is 19.1 Å². The fraction of sp³-hybridized carbons (Fsp3) is 0.176. The summed E-state index contributed by atoms with van der Waals surface area (Å²) in [4.78, 5) is 0. The lowest BCUT2D eigenvalue weighted by atomic mass is 9.93. The van der Waals surface area contributed by atoms with Gasteiger partial charge < -0.3 is 0 Å². The van der Waals surface area contributed by atoms with Gasteiger partial charge in [0.15, 0.2) is 11.6 Å². The van der Waals surface area contributed by atoms with Crippen LogP contribution in [0.3, 0.4) is 0 Å². The van der Waals surface area contributed by atoms with Gasteiger partial charge in [-0.15, -0.1) is 0 Å². The smallest absolute Gasteiger partial charge is 0.206 e. The predicted molar refractivity (Wildman–Crippen MR) is 75.4 cm³/mol. The Morgan fingerprint density at radius 3 is 1.92 bits per heavy atom. The summed E-state index contributed by atoms with van der Waals surface area (Å²) in [6, 6.07) is 3.80. The highest BCUT2D eigenvalue weighted by molar-refractivity contribution is 5.48. The summed E-state index contributed by atoms with van der Waals surface area (Å²) in [5, 5.41) is 0. The van der Waals surface area contributed by atoms with E-state index in [9.17, 15) is 30.7 Å². The molecule has 0 aliphatic carbocycles. The molecule has 0 spiro atoms. The number of aryl methyl sites for hydroxylation is 1. The number of halogens is 7. The maximum atomic E-state index is 14.2. The van der Waals surface area contributed by atoms with Crippen LogP contribution in [-0.2, 0) is 11.8 Å². The Hall–Kier alpha value is -2.31. The van der Waals surface area contributed by atoms with E-state index in [4.69, 9.17) is 0 Å². The summed E-state index contributed by atoms with van der Waals surface area (Å²) in [5.41, 5.74) is -3.69. The fourth-order valence-electron chi connectivity index (χ4n) is 2.17. The van der Waals surface area contributed by atoms with Gasteiger partial charge >= 0.3 is 11.8 Å². The van der Waals surface area contributed by atoms with Crippen molar-refractivity contribution < 1.29 is 30.7 Å². The molecule has 0 nitrogen and oxygen atoms in total. The number of rotatable bonds is 4. The third-order valence-electron chi connectivity index (χ3n) is 3.56. The standard InChI is InChI=1S/C17H11F7/c1-3-10-4-6-11(7-5-10)16(21,22)17(23,24)13-12(18)8-9(2)14(19)15(13)20/h3-8H,1H2,2H3. The maximum Gasteiger partial charge on any atom is 0.345 e. The van der Waals surface area contributed by atoms with Crippen molar-refractivity contribution in [3.05, 3.63) is 76.6 Å². The average molecular weight is 348 g/mol. The molecule has 0 aromatic heterocycles. The van der Waals surface area contributed by atoms with Crippen LogP contribution in [0.2, 0.25) is 0 Å². The normalized spacial score (nSPS) is 12.3. The average Bonchev–Trinajstić information content (AvgIpc) is 2.52. The highest BCUT2D eigenvalue weighted by atomic mass is 19.3. The van der Waals surface area contributed by atoms with E-state index in [1.807, 2.05) is 0 Å². The molecule has 0 N–H and O–H groups in total. The number of alkyl halides is 4. The predicted octanol–water partition coefficient (Wildman–Crippen LogP) is 5.94. The lowest BCUT2D eigenvalue weighted by molar-refractivity contribution is -0.226. The Kier molecular flexibility index (Phi) is 4.48. The second-order valence-corrected chi connectivity index (χ2v) is 5.15. The van der Waals surface area contributed by atoms with Crippen molar-refractivity contribution in [1.29, 1.82) is 0 Å². The quantitative estimate of drug-likeness (QED) is 0.474. The molecule has 0 saturated heterocycles. The van der Waals surface area contributed by atoms with E-state index in [1.54, 1.807) is 0 Å². The summed E-state index contributed by atoms with van der Waals surface area (Å²) in [6.45, 7) is 4.31. The molecule has 0 atom stereocenters.